The van der Waals surface area contributed by atoms with Crippen LogP contribution >= 0.6 is 0 Å². The fourth-order valence-corrected chi connectivity index (χ4v) is 2.21. The fraction of sp³-hybridized carbons (Fsp3) is 0.769. The maximum atomic E-state index is 11.9. The summed E-state index contributed by atoms with van der Waals surface area (Å²) in [5, 5.41) is 20.1. The molecule has 0 unspecified atom stereocenters. The molecule has 0 spiro atoms. The third-order valence-electron chi connectivity index (χ3n) is 3.42. The zero-order chi connectivity index (χ0) is 15.8. The van der Waals surface area contributed by atoms with Crippen LogP contribution in [-0.2, 0) is 14.3 Å². The minimum atomic E-state index is -1.18. The average Bonchev–Trinajstić information content (AvgIpc) is 2.47. The van der Waals surface area contributed by atoms with Crippen LogP contribution in [0.5, 0.6) is 0 Å². The highest BCUT2D eigenvalue weighted by Gasteiger charge is 2.29. The molecule has 2 amide bonds. The predicted molar refractivity (Wildman–Crippen MR) is 72.6 cm³/mol. The second kappa shape index (κ2) is 8.46. The number of aliphatic hydroxyl groups is 1. The summed E-state index contributed by atoms with van der Waals surface area (Å²) in [4.78, 5) is 35.9. The number of hydrogen-bond donors (Lipinski definition) is 3. The van der Waals surface area contributed by atoms with Gasteiger partial charge in [0, 0.05) is 26.1 Å². The Hall–Kier alpha value is -1.83. The van der Waals surface area contributed by atoms with Crippen LogP contribution in [0.2, 0.25) is 0 Å². The van der Waals surface area contributed by atoms with Crippen LogP contribution in [-0.4, -0.2) is 65.4 Å². The number of amides is 2. The van der Waals surface area contributed by atoms with Crippen LogP contribution in [0.1, 0.15) is 26.2 Å². The smallest absolute Gasteiger partial charge is 0.326 e. The summed E-state index contributed by atoms with van der Waals surface area (Å²) in [7, 11) is 0. The molecule has 0 aliphatic carbocycles. The first kappa shape index (κ1) is 17.2. The first-order chi connectivity index (χ1) is 9.99. The van der Waals surface area contributed by atoms with Crippen LogP contribution in [0.4, 0.5) is 4.79 Å². The predicted octanol–water partition coefficient (Wildman–Crippen LogP) is -0.193. The van der Waals surface area contributed by atoms with Crippen LogP contribution in [0.25, 0.3) is 0 Å². The molecule has 120 valence electrons. The molecule has 1 aliphatic rings. The Kier molecular flexibility index (Phi) is 6.93. The Morgan fingerprint density at radius 1 is 1.33 bits per heavy atom. The van der Waals surface area contributed by atoms with Gasteiger partial charge in [-0.1, -0.05) is 0 Å². The van der Waals surface area contributed by atoms with Gasteiger partial charge in [0.1, 0.15) is 6.04 Å². The second-order valence-corrected chi connectivity index (χ2v) is 4.87. The van der Waals surface area contributed by atoms with E-state index in [0.717, 1.165) is 0 Å². The van der Waals surface area contributed by atoms with Crippen molar-refractivity contribution < 1.29 is 29.3 Å². The van der Waals surface area contributed by atoms with Crippen LogP contribution < -0.4 is 5.32 Å². The Balaban J connectivity index is 2.44. The molecule has 1 atom stereocenters. The van der Waals surface area contributed by atoms with Crippen LogP contribution in [0.15, 0.2) is 0 Å². The summed E-state index contributed by atoms with van der Waals surface area (Å²) in [6.07, 6.45) is 0.967. The van der Waals surface area contributed by atoms with E-state index >= 15 is 0 Å². The standard InChI is InChI=1S/C13H22N2O6/c1-2-21-12(19)9-3-6-15(7-4-9)13(20)14-10(5-8-16)11(17)18/h9-10,16H,2-8H2,1H3,(H,14,20)(H,17,18)/t10-/m0/s1. The number of rotatable bonds is 6. The number of nitrogens with one attached hydrogen (secondary N) is 1. The number of aliphatic carboxylic acids is 1. The molecule has 0 radical (unpaired) electrons. The monoisotopic (exact) mass is 302 g/mol. The highest BCUT2D eigenvalue weighted by atomic mass is 16.5. The first-order valence-corrected chi connectivity index (χ1v) is 7.05. The number of likely N-dealkylation sites (tertiary alicyclic amines) is 1. The molecule has 0 aromatic rings. The second-order valence-electron chi connectivity index (χ2n) is 4.87. The van der Waals surface area contributed by atoms with E-state index in [4.69, 9.17) is 14.9 Å². The lowest BCUT2D eigenvalue weighted by atomic mass is 9.97. The molecule has 1 fully saturated rings. The van der Waals surface area contributed by atoms with Crippen LogP contribution in [0, 0.1) is 5.92 Å². The number of esters is 1. The molecule has 8 nitrogen and oxygen atoms in total. The molecular weight excluding hydrogens is 280 g/mol. The number of ether oxygens (including phenoxy) is 1. The van der Waals surface area contributed by atoms with Crippen molar-refractivity contribution in [3.63, 3.8) is 0 Å². The lowest BCUT2D eigenvalue weighted by molar-refractivity contribution is -0.149. The fourth-order valence-electron chi connectivity index (χ4n) is 2.21. The Morgan fingerprint density at radius 2 is 1.95 bits per heavy atom. The topological polar surface area (TPSA) is 116 Å². The highest BCUT2D eigenvalue weighted by Crippen LogP contribution is 2.18. The molecule has 1 aliphatic heterocycles. The summed E-state index contributed by atoms with van der Waals surface area (Å²) in [6.45, 7) is 2.51. The SMILES string of the molecule is CCOC(=O)C1CCN(C(=O)N[C@@H](CCO)C(=O)O)CC1. The van der Waals surface area contributed by atoms with Gasteiger partial charge in [0.25, 0.3) is 0 Å². The Labute approximate surface area is 123 Å². The Bertz CT molecular complexity index is 379. The molecule has 1 saturated heterocycles. The van der Waals surface area contributed by atoms with E-state index in [1.54, 1.807) is 6.92 Å². The lowest BCUT2D eigenvalue weighted by Gasteiger charge is -2.31. The van der Waals surface area contributed by atoms with Gasteiger partial charge in [-0.05, 0) is 19.8 Å². The Morgan fingerprint density at radius 3 is 2.43 bits per heavy atom. The number of carbonyl (C=O) groups excluding carboxylic acids is 2. The quantitative estimate of drug-likeness (QED) is 0.585. The number of nitrogens with zero attached hydrogens (tertiary/aromatic N) is 1. The summed E-state index contributed by atoms with van der Waals surface area (Å²) >= 11 is 0. The minimum absolute atomic E-state index is 0.0413. The molecule has 3 N–H and O–H groups in total. The van der Waals surface area contributed by atoms with Gasteiger partial charge in [0.05, 0.1) is 12.5 Å². The number of carboxylic acid groups (broad SMARTS) is 1. The van der Waals surface area contributed by atoms with Gasteiger partial charge in [-0.25, -0.2) is 9.59 Å². The van der Waals surface area contributed by atoms with Gasteiger partial charge >= 0.3 is 18.0 Å². The normalized spacial score (nSPS) is 17.1. The molecular formula is C13H22N2O6. The summed E-state index contributed by atoms with van der Waals surface area (Å²) < 4.78 is 4.94. The van der Waals surface area contributed by atoms with Gasteiger partial charge in [-0.3, -0.25) is 4.79 Å². The van der Waals surface area contributed by atoms with Crippen molar-refractivity contribution >= 4 is 18.0 Å². The zero-order valence-electron chi connectivity index (χ0n) is 12.1. The highest BCUT2D eigenvalue weighted by molar-refractivity contribution is 5.82. The number of piperidine rings is 1. The van der Waals surface area contributed by atoms with E-state index in [-0.39, 0.29) is 24.9 Å². The third-order valence-corrected chi connectivity index (χ3v) is 3.42. The summed E-state index contributed by atoms with van der Waals surface area (Å²) in [5.41, 5.74) is 0. The van der Waals surface area contributed by atoms with Crippen molar-refractivity contribution in [3.8, 4) is 0 Å². The van der Waals surface area contributed by atoms with Crippen LogP contribution in [0.3, 0.4) is 0 Å². The van der Waals surface area contributed by atoms with E-state index in [0.29, 0.717) is 32.5 Å². The molecule has 1 rings (SSSR count). The van der Waals surface area contributed by atoms with E-state index in [2.05, 4.69) is 5.32 Å². The van der Waals surface area contributed by atoms with E-state index < -0.39 is 18.0 Å². The minimum Gasteiger partial charge on any atom is -0.480 e. The van der Waals surface area contributed by atoms with Gasteiger partial charge in [0.2, 0.25) is 0 Å². The number of hydrogen-bond acceptors (Lipinski definition) is 5. The number of carbonyl (C=O) groups is 3. The van der Waals surface area contributed by atoms with E-state index in [9.17, 15) is 14.4 Å². The summed E-state index contributed by atoms with van der Waals surface area (Å²) in [5.74, 6) is -1.64. The first-order valence-electron chi connectivity index (χ1n) is 7.05. The van der Waals surface area contributed by atoms with Gasteiger partial charge < -0.3 is 25.2 Å². The maximum Gasteiger partial charge on any atom is 0.326 e. The van der Waals surface area contributed by atoms with Crippen molar-refractivity contribution in [3.05, 3.63) is 0 Å². The third kappa shape index (κ3) is 5.22. The molecule has 0 aromatic heterocycles. The molecule has 8 heteroatoms. The van der Waals surface area contributed by atoms with Gasteiger partial charge in [-0.15, -0.1) is 0 Å². The number of aliphatic hydroxyl groups excluding tert-OH is 1. The van der Waals surface area contributed by atoms with Gasteiger partial charge in [-0.2, -0.15) is 0 Å². The van der Waals surface area contributed by atoms with E-state index in [1.165, 1.54) is 4.90 Å². The van der Waals surface area contributed by atoms with Crippen molar-refractivity contribution in [2.24, 2.45) is 5.92 Å². The molecule has 0 aromatic carbocycles. The zero-order valence-corrected chi connectivity index (χ0v) is 12.1. The molecule has 1 heterocycles. The van der Waals surface area contributed by atoms with Gasteiger partial charge in [0.15, 0.2) is 0 Å². The maximum absolute atomic E-state index is 11.9. The van der Waals surface area contributed by atoms with E-state index in [1.807, 2.05) is 0 Å². The number of urea groups is 1. The largest absolute Gasteiger partial charge is 0.480 e. The average molecular weight is 302 g/mol. The number of carboxylic acids is 1. The summed E-state index contributed by atoms with van der Waals surface area (Å²) in [6, 6.07) is -1.59. The van der Waals surface area contributed by atoms with Crippen molar-refractivity contribution in [2.45, 2.75) is 32.2 Å². The van der Waals surface area contributed by atoms with Crippen molar-refractivity contribution in [1.29, 1.82) is 0 Å². The molecule has 21 heavy (non-hydrogen) atoms. The molecule has 0 saturated carbocycles. The molecule has 0 bridgehead atoms. The van der Waals surface area contributed by atoms with Crippen molar-refractivity contribution in [2.75, 3.05) is 26.3 Å². The lowest BCUT2D eigenvalue weighted by Crippen LogP contribution is -2.51. The van der Waals surface area contributed by atoms with Crippen molar-refractivity contribution in [1.82, 2.24) is 10.2 Å².